The molecule has 0 saturated heterocycles. The van der Waals surface area contributed by atoms with Crippen molar-refractivity contribution in [3.63, 3.8) is 0 Å². The smallest absolute Gasteiger partial charge is 0.481 e. The number of ether oxygens (including phenoxy) is 1. The van der Waals surface area contributed by atoms with Gasteiger partial charge in [0, 0.05) is 33.9 Å². The van der Waals surface area contributed by atoms with E-state index in [1.54, 1.807) is 6.07 Å². The molecule has 6 rings (SSSR count). The van der Waals surface area contributed by atoms with E-state index in [0.717, 1.165) is 41.6 Å². The summed E-state index contributed by atoms with van der Waals surface area (Å²) in [7, 11) is 0. The summed E-state index contributed by atoms with van der Waals surface area (Å²) >= 11 is 0. The zero-order chi connectivity index (χ0) is 25.7. The summed E-state index contributed by atoms with van der Waals surface area (Å²) in [5.41, 5.74) is 2.86. The first-order valence-corrected chi connectivity index (χ1v) is 11.1. The Morgan fingerprint density at radius 2 is 1.97 bits per heavy atom. The zero-order valence-corrected chi connectivity index (χ0v) is 18.7. The number of aromatic nitrogens is 7. The summed E-state index contributed by atoms with van der Waals surface area (Å²) in [6, 6.07) is 11.1. The summed E-state index contributed by atoms with van der Waals surface area (Å²) in [4.78, 5) is 15.7. The molecule has 1 atom stereocenters. The molecule has 3 aromatic heterocycles. The van der Waals surface area contributed by atoms with Crippen molar-refractivity contribution in [1.82, 2.24) is 35.3 Å². The van der Waals surface area contributed by atoms with Crippen molar-refractivity contribution in [3.8, 4) is 40.0 Å². The third-order valence-corrected chi connectivity index (χ3v) is 6.11. The number of nitrogens with zero attached hydrogens (tertiary/aromatic N) is 6. The maximum atomic E-state index is 12.9. The van der Waals surface area contributed by atoms with Crippen LogP contribution in [0.2, 0.25) is 0 Å². The van der Waals surface area contributed by atoms with E-state index in [9.17, 15) is 23.1 Å². The van der Waals surface area contributed by atoms with E-state index in [1.807, 2.05) is 22.8 Å². The molecule has 37 heavy (non-hydrogen) atoms. The maximum Gasteiger partial charge on any atom is 0.573 e. The van der Waals surface area contributed by atoms with Crippen molar-refractivity contribution in [2.75, 3.05) is 0 Å². The number of aliphatic carboxylic acids is 1. The first kappa shape index (κ1) is 22.7. The van der Waals surface area contributed by atoms with E-state index in [1.165, 1.54) is 6.07 Å². The molecule has 4 heterocycles. The highest BCUT2D eigenvalue weighted by Crippen LogP contribution is 2.37. The maximum absolute atomic E-state index is 12.9. The number of rotatable bonds is 6. The Labute approximate surface area is 204 Å². The summed E-state index contributed by atoms with van der Waals surface area (Å²) in [6.07, 6.45) is -3.37. The van der Waals surface area contributed by atoms with Crippen LogP contribution < -0.4 is 4.74 Å². The van der Waals surface area contributed by atoms with Crippen molar-refractivity contribution in [3.05, 3.63) is 48.2 Å². The molecule has 2 N–H and O–H groups in total. The SMILES string of the molecule is O=C(O)CC1CCc2cc3ccc(-c4noc(-c5cc(OC(F)(F)F)cc(-c6nn[nH]n6)c5)n4)cc3n21. The van der Waals surface area contributed by atoms with Gasteiger partial charge in [0.1, 0.15) is 5.75 Å². The van der Waals surface area contributed by atoms with Gasteiger partial charge in [-0.25, -0.2) is 0 Å². The van der Waals surface area contributed by atoms with E-state index in [4.69, 9.17) is 4.52 Å². The average molecular weight is 511 g/mol. The molecule has 14 heteroatoms. The molecule has 0 aliphatic carbocycles. The minimum absolute atomic E-state index is 0.0203. The Bertz CT molecular complexity index is 1630. The fourth-order valence-electron chi connectivity index (χ4n) is 4.67. The van der Waals surface area contributed by atoms with Crippen LogP contribution in [-0.2, 0) is 11.2 Å². The number of fused-ring (bicyclic) bond motifs is 3. The van der Waals surface area contributed by atoms with Crippen LogP contribution >= 0.6 is 0 Å². The van der Waals surface area contributed by atoms with Gasteiger partial charge >= 0.3 is 12.3 Å². The van der Waals surface area contributed by atoms with Crippen LogP contribution in [0.5, 0.6) is 5.75 Å². The highest BCUT2D eigenvalue weighted by molar-refractivity contribution is 5.86. The Kier molecular flexibility index (Phi) is 5.17. The van der Waals surface area contributed by atoms with Gasteiger partial charge < -0.3 is 18.9 Å². The molecule has 0 saturated carbocycles. The van der Waals surface area contributed by atoms with Gasteiger partial charge in [0.15, 0.2) is 0 Å². The van der Waals surface area contributed by atoms with E-state index in [-0.39, 0.29) is 41.1 Å². The minimum Gasteiger partial charge on any atom is -0.481 e. The second kappa shape index (κ2) is 8.43. The molecular formula is C23H16F3N7O4. The number of hydrogen-bond donors (Lipinski definition) is 2. The van der Waals surface area contributed by atoms with Gasteiger partial charge in [0.25, 0.3) is 5.89 Å². The molecule has 0 fully saturated rings. The number of benzene rings is 2. The van der Waals surface area contributed by atoms with Gasteiger partial charge in [-0.05, 0) is 53.8 Å². The average Bonchev–Trinajstić information content (AvgIpc) is 3.62. The molecule has 188 valence electrons. The molecule has 0 amide bonds. The molecule has 1 aliphatic rings. The molecule has 0 radical (unpaired) electrons. The fraction of sp³-hybridized carbons (Fsp3) is 0.217. The van der Waals surface area contributed by atoms with Crippen molar-refractivity contribution < 1.29 is 32.3 Å². The molecule has 1 unspecified atom stereocenters. The largest absolute Gasteiger partial charge is 0.573 e. The lowest BCUT2D eigenvalue weighted by atomic mass is 10.1. The van der Waals surface area contributed by atoms with E-state index >= 15 is 0 Å². The van der Waals surface area contributed by atoms with E-state index < -0.39 is 18.1 Å². The second-order valence-corrected chi connectivity index (χ2v) is 8.52. The second-order valence-electron chi connectivity index (χ2n) is 8.52. The lowest BCUT2D eigenvalue weighted by Crippen LogP contribution is -2.17. The molecule has 0 spiro atoms. The topological polar surface area (TPSA) is 145 Å². The Balaban J connectivity index is 1.38. The first-order valence-electron chi connectivity index (χ1n) is 11.1. The predicted molar refractivity (Wildman–Crippen MR) is 120 cm³/mol. The van der Waals surface area contributed by atoms with E-state index in [0.29, 0.717) is 5.56 Å². The summed E-state index contributed by atoms with van der Waals surface area (Å²) in [5.74, 6) is -1.16. The van der Waals surface area contributed by atoms with E-state index in [2.05, 4.69) is 35.5 Å². The highest BCUT2D eigenvalue weighted by Gasteiger charge is 2.32. The van der Waals surface area contributed by atoms with Crippen molar-refractivity contribution in [2.45, 2.75) is 31.7 Å². The number of halogens is 3. The van der Waals surface area contributed by atoms with Gasteiger partial charge in [-0.2, -0.15) is 10.2 Å². The van der Waals surface area contributed by atoms with Gasteiger partial charge in [0.05, 0.1) is 6.42 Å². The van der Waals surface area contributed by atoms with Crippen LogP contribution in [0.1, 0.15) is 24.6 Å². The van der Waals surface area contributed by atoms with Crippen LogP contribution in [0, 0.1) is 0 Å². The van der Waals surface area contributed by atoms with Crippen LogP contribution in [0.25, 0.3) is 45.1 Å². The molecule has 1 aliphatic heterocycles. The summed E-state index contributed by atoms with van der Waals surface area (Å²) < 4.78 is 50.2. The summed E-state index contributed by atoms with van der Waals surface area (Å²) in [5, 5.41) is 27.5. The van der Waals surface area contributed by atoms with Gasteiger partial charge in [0.2, 0.25) is 11.6 Å². The van der Waals surface area contributed by atoms with Crippen LogP contribution in [0.3, 0.4) is 0 Å². The van der Waals surface area contributed by atoms with Gasteiger partial charge in [-0.3, -0.25) is 4.79 Å². The normalized spacial score (nSPS) is 15.3. The third kappa shape index (κ3) is 4.37. The number of carbonyl (C=O) groups is 1. The number of H-pyrrole nitrogens is 1. The molecule has 11 nitrogen and oxygen atoms in total. The van der Waals surface area contributed by atoms with Crippen molar-refractivity contribution in [2.24, 2.45) is 0 Å². The first-order chi connectivity index (χ1) is 17.7. The number of tetrazole rings is 1. The minimum atomic E-state index is -4.92. The third-order valence-electron chi connectivity index (χ3n) is 6.11. The lowest BCUT2D eigenvalue weighted by molar-refractivity contribution is -0.274. The van der Waals surface area contributed by atoms with Gasteiger partial charge in [-0.15, -0.1) is 23.4 Å². The molecule has 2 aromatic carbocycles. The quantitative estimate of drug-likeness (QED) is 0.339. The van der Waals surface area contributed by atoms with Crippen LogP contribution in [-0.4, -0.2) is 52.8 Å². The van der Waals surface area contributed by atoms with Crippen LogP contribution in [0.15, 0.2) is 47.0 Å². The van der Waals surface area contributed by atoms with Crippen LogP contribution in [0.4, 0.5) is 13.2 Å². The number of aromatic amines is 1. The van der Waals surface area contributed by atoms with Crippen molar-refractivity contribution >= 4 is 16.9 Å². The standard InChI is InChI=1S/C23H16F3N7O4/c24-23(25,26)36-17-7-13(21-28-31-32-29-21)5-14(8-17)22-27-20(30-37-22)12-2-1-11-6-15-3-4-16(10-19(34)35)33(15)18(11)9-12/h1-2,5-9,16H,3-4,10H2,(H,34,35)(H,28,29,31,32). The molecule has 0 bridgehead atoms. The highest BCUT2D eigenvalue weighted by atomic mass is 19.4. The van der Waals surface area contributed by atoms with Crippen molar-refractivity contribution in [1.29, 1.82) is 0 Å². The number of alkyl halides is 3. The Morgan fingerprint density at radius 3 is 2.73 bits per heavy atom. The Morgan fingerprint density at radius 1 is 1.14 bits per heavy atom. The molecule has 5 aromatic rings. The fourth-order valence-corrected chi connectivity index (χ4v) is 4.67. The monoisotopic (exact) mass is 511 g/mol. The number of aryl methyl sites for hydroxylation is 1. The Hall–Kier alpha value is -4.75. The lowest BCUT2D eigenvalue weighted by Gasteiger charge is -2.13. The summed E-state index contributed by atoms with van der Waals surface area (Å²) in [6.45, 7) is 0. The molecular weight excluding hydrogens is 495 g/mol. The number of nitrogens with one attached hydrogen (secondary N) is 1. The predicted octanol–water partition coefficient (Wildman–Crippen LogP) is 4.40. The number of carboxylic acid groups (broad SMARTS) is 1. The number of carboxylic acids is 1. The van der Waals surface area contributed by atoms with Gasteiger partial charge in [-0.1, -0.05) is 17.3 Å². The number of hydrogen-bond acceptors (Lipinski definition) is 8. The zero-order valence-electron chi connectivity index (χ0n) is 18.7.